The smallest absolute Gasteiger partial charge is 0.312 e. The molecule has 0 saturated heterocycles. The Hall–Kier alpha value is -3.09. The van der Waals surface area contributed by atoms with Crippen LogP contribution in [0, 0.1) is 0 Å². The van der Waals surface area contributed by atoms with Crippen LogP contribution in [-0.4, -0.2) is 20.6 Å². The van der Waals surface area contributed by atoms with Gasteiger partial charge in [0.25, 0.3) is 0 Å². The van der Waals surface area contributed by atoms with Crippen molar-refractivity contribution >= 4 is 11.7 Å². The van der Waals surface area contributed by atoms with Crippen LogP contribution in [0.25, 0.3) is 5.65 Å². The highest BCUT2D eigenvalue weighted by atomic mass is 16.5. The Morgan fingerprint density at radius 2 is 1.90 bits per heavy atom. The molecule has 156 valence electrons. The monoisotopic (exact) mass is 405 g/mol. The SMILES string of the molecule is CC1(c2nnc3ccc(OC4CCC(NC(N)=O)c5ccccc54)cn23)CCCC1. The molecule has 2 aliphatic carbocycles. The number of nitrogens with two attached hydrogens (primary N) is 1. The molecule has 0 spiro atoms. The molecular weight excluding hydrogens is 378 g/mol. The molecule has 0 radical (unpaired) electrons. The molecule has 7 heteroatoms. The number of amides is 2. The zero-order valence-electron chi connectivity index (χ0n) is 17.2. The zero-order valence-corrected chi connectivity index (χ0v) is 17.2. The molecule has 0 aliphatic heterocycles. The molecule has 30 heavy (non-hydrogen) atoms. The Kier molecular flexibility index (Phi) is 4.60. The average molecular weight is 406 g/mol. The van der Waals surface area contributed by atoms with Crippen molar-refractivity contribution in [3.8, 4) is 5.75 Å². The Bertz CT molecular complexity index is 1090. The number of urea groups is 1. The van der Waals surface area contributed by atoms with Crippen LogP contribution >= 0.6 is 0 Å². The Morgan fingerprint density at radius 3 is 2.67 bits per heavy atom. The summed E-state index contributed by atoms with van der Waals surface area (Å²) < 4.78 is 8.53. The first-order valence-corrected chi connectivity index (χ1v) is 10.7. The number of nitrogens with zero attached hydrogens (tertiary/aromatic N) is 3. The quantitative estimate of drug-likeness (QED) is 0.681. The predicted octanol–water partition coefficient (Wildman–Crippen LogP) is 4.18. The summed E-state index contributed by atoms with van der Waals surface area (Å²) in [5.74, 6) is 1.82. The molecular formula is C23H27N5O2. The Morgan fingerprint density at radius 1 is 1.13 bits per heavy atom. The molecule has 3 aromatic rings. The maximum absolute atomic E-state index is 11.4. The fourth-order valence-electron chi connectivity index (χ4n) is 5.09. The van der Waals surface area contributed by atoms with Gasteiger partial charge >= 0.3 is 6.03 Å². The summed E-state index contributed by atoms with van der Waals surface area (Å²) in [6.07, 6.45) is 8.28. The van der Waals surface area contributed by atoms with Crippen LogP contribution in [0.15, 0.2) is 42.6 Å². The Balaban J connectivity index is 1.45. The lowest BCUT2D eigenvalue weighted by molar-refractivity contribution is 0.171. The van der Waals surface area contributed by atoms with Crippen molar-refractivity contribution in [2.75, 3.05) is 0 Å². The third-order valence-corrected chi connectivity index (χ3v) is 6.65. The number of ether oxygens (including phenoxy) is 1. The van der Waals surface area contributed by atoms with Gasteiger partial charge < -0.3 is 15.8 Å². The van der Waals surface area contributed by atoms with Crippen LogP contribution in [0.2, 0.25) is 0 Å². The van der Waals surface area contributed by atoms with E-state index in [9.17, 15) is 4.79 Å². The van der Waals surface area contributed by atoms with Crippen LogP contribution in [0.4, 0.5) is 4.79 Å². The lowest BCUT2D eigenvalue weighted by atomic mass is 9.85. The molecule has 5 rings (SSSR count). The van der Waals surface area contributed by atoms with E-state index in [2.05, 4.69) is 32.9 Å². The fourth-order valence-corrected chi connectivity index (χ4v) is 5.09. The second-order valence-corrected chi connectivity index (χ2v) is 8.76. The minimum absolute atomic E-state index is 0.0725. The van der Waals surface area contributed by atoms with Crippen LogP contribution in [0.1, 0.15) is 74.5 Å². The molecule has 0 bridgehead atoms. The van der Waals surface area contributed by atoms with E-state index in [0.717, 1.165) is 54.0 Å². The van der Waals surface area contributed by atoms with Crippen molar-refractivity contribution in [1.29, 1.82) is 0 Å². The van der Waals surface area contributed by atoms with Crippen molar-refractivity contribution in [2.45, 2.75) is 63.0 Å². The summed E-state index contributed by atoms with van der Waals surface area (Å²) >= 11 is 0. The lowest BCUT2D eigenvalue weighted by Crippen LogP contribution is -2.36. The maximum atomic E-state index is 11.4. The van der Waals surface area contributed by atoms with E-state index in [0.29, 0.717) is 0 Å². The van der Waals surface area contributed by atoms with E-state index in [1.807, 2.05) is 36.5 Å². The molecule has 3 N–H and O–H groups in total. The van der Waals surface area contributed by atoms with E-state index < -0.39 is 6.03 Å². The number of benzene rings is 1. The van der Waals surface area contributed by atoms with Gasteiger partial charge in [-0.25, -0.2) is 4.79 Å². The number of rotatable bonds is 4. The van der Waals surface area contributed by atoms with Crippen LogP contribution in [-0.2, 0) is 5.41 Å². The largest absolute Gasteiger partial charge is 0.484 e. The summed E-state index contributed by atoms with van der Waals surface area (Å²) in [5.41, 5.74) is 8.44. The van der Waals surface area contributed by atoms with Gasteiger partial charge in [-0.2, -0.15) is 0 Å². The van der Waals surface area contributed by atoms with Crippen LogP contribution < -0.4 is 15.8 Å². The van der Waals surface area contributed by atoms with Crippen molar-refractivity contribution in [3.63, 3.8) is 0 Å². The normalized spacial score (nSPS) is 22.6. The molecule has 2 heterocycles. The van der Waals surface area contributed by atoms with Crippen molar-refractivity contribution < 1.29 is 9.53 Å². The van der Waals surface area contributed by atoms with E-state index in [1.165, 1.54) is 12.8 Å². The fraction of sp³-hybridized carbons (Fsp3) is 0.435. The molecule has 2 amide bonds. The third kappa shape index (κ3) is 3.28. The first kappa shape index (κ1) is 18.9. The number of pyridine rings is 1. The topological polar surface area (TPSA) is 94.5 Å². The summed E-state index contributed by atoms with van der Waals surface area (Å²) in [4.78, 5) is 11.4. The highest BCUT2D eigenvalue weighted by Crippen LogP contribution is 2.41. The number of fused-ring (bicyclic) bond motifs is 2. The minimum atomic E-state index is -0.500. The van der Waals surface area contributed by atoms with Gasteiger partial charge in [0.2, 0.25) is 0 Å². The Labute approximate surface area is 175 Å². The molecule has 1 aromatic carbocycles. The molecule has 7 nitrogen and oxygen atoms in total. The van der Waals surface area contributed by atoms with Gasteiger partial charge in [0.1, 0.15) is 17.7 Å². The molecule has 1 saturated carbocycles. The standard InChI is InChI=1S/C23H27N5O2/c1-23(12-4-5-13-23)21-27-26-20-11-8-15(14-28(20)21)30-19-10-9-18(25-22(24)29)16-6-2-3-7-17(16)19/h2-3,6-8,11,14,18-19H,4-5,9-10,12-13H2,1H3,(H3,24,25,29). The molecule has 2 aromatic heterocycles. The predicted molar refractivity (Wildman–Crippen MR) is 113 cm³/mol. The first-order valence-electron chi connectivity index (χ1n) is 10.7. The van der Waals surface area contributed by atoms with E-state index in [4.69, 9.17) is 10.5 Å². The van der Waals surface area contributed by atoms with E-state index >= 15 is 0 Å². The number of carbonyl (C=O) groups excluding carboxylic acids is 1. The van der Waals surface area contributed by atoms with Gasteiger partial charge in [-0.3, -0.25) is 4.40 Å². The molecule has 2 aliphatic rings. The number of aromatic nitrogens is 3. The van der Waals surface area contributed by atoms with Gasteiger partial charge in [-0.1, -0.05) is 44.0 Å². The van der Waals surface area contributed by atoms with Crippen LogP contribution in [0.5, 0.6) is 5.75 Å². The summed E-state index contributed by atoms with van der Waals surface area (Å²) in [7, 11) is 0. The number of carbonyl (C=O) groups is 1. The maximum Gasteiger partial charge on any atom is 0.312 e. The highest BCUT2D eigenvalue weighted by molar-refractivity contribution is 5.72. The zero-order chi connectivity index (χ0) is 20.7. The van der Waals surface area contributed by atoms with Crippen molar-refractivity contribution in [1.82, 2.24) is 19.9 Å². The summed E-state index contributed by atoms with van der Waals surface area (Å²) in [6.45, 7) is 2.28. The molecule has 2 unspecified atom stereocenters. The van der Waals surface area contributed by atoms with E-state index in [-0.39, 0.29) is 17.6 Å². The summed E-state index contributed by atoms with van der Waals surface area (Å²) in [6, 6.07) is 11.4. The highest BCUT2D eigenvalue weighted by Gasteiger charge is 2.35. The van der Waals surface area contributed by atoms with Crippen LogP contribution in [0.3, 0.4) is 0 Å². The average Bonchev–Trinajstić information content (AvgIpc) is 3.36. The summed E-state index contributed by atoms with van der Waals surface area (Å²) in [5, 5.41) is 11.7. The first-order chi connectivity index (χ1) is 14.5. The van der Waals surface area contributed by atoms with Gasteiger partial charge in [0, 0.05) is 5.41 Å². The number of hydrogen-bond donors (Lipinski definition) is 2. The van der Waals surface area contributed by atoms with Gasteiger partial charge in [-0.05, 0) is 48.9 Å². The van der Waals surface area contributed by atoms with Gasteiger partial charge in [0.05, 0.1) is 12.2 Å². The van der Waals surface area contributed by atoms with E-state index in [1.54, 1.807) is 0 Å². The second-order valence-electron chi connectivity index (χ2n) is 8.76. The lowest BCUT2D eigenvalue weighted by Gasteiger charge is -2.32. The number of nitrogens with one attached hydrogen (secondary N) is 1. The minimum Gasteiger partial charge on any atom is -0.484 e. The number of hydrogen-bond acceptors (Lipinski definition) is 4. The molecule has 1 fully saturated rings. The van der Waals surface area contributed by atoms with Gasteiger partial charge in [-0.15, -0.1) is 10.2 Å². The van der Waals surface area contributed by atoms with Crippen molar-refractivity contribution in [2.24, 2.45) is 5.73 Å². The third-order valence-electron chi connectivity index (χ3n) is 6.65. The second kappa shape index (κ2) is 7.31. The number of primary amides is 1. The van der Waals surface area contributed by atoms with Crippen molar-refractivity contribution in [3.05, 3.63) is 59.5 Å². The molecule has 2 atom stereocenters. The van der Waals surface area contributed by atoms with Gasteiger partial charge in [0.15, 0.2) is 5.65 Å².